The number of rotatable bonds is 5. The first-order valence-electron chi connectivity index (χ1n) is 11.9. The van der Waals surface area contributed by atoms with Crippen molar-refractivity contribution in [1.29, 1.82) is 0 Å². The molecule has 1 heterocycles. The quantitative estimate of drug-likeness (QED) is 0.790. The van der Waals surface area contributed by atoms with E-state index in [4.69, 9.17) is 29.9 Å². The normalized spacial score (nSPS) is 27.8. The van der Waals surface area contributed by atoms with Gasteiger partial charge < -0.3 is 23.8 Å². The molecule has 0 aromatic heterocycles. The van der Waals surface area contributed by atoms with Gasteiger partial charge in [0.15, 0.2) is 11.5 Å². The van der Waals surface area contributed by atoms with E-state index < -0.39 is 44.2 Å². The fourth-order valence-electron chi connectivity index (χ4n) is 2.21. The minimum Gasteiger partial charge on any atom is -0.493 e. The Bertz CT molecular complexity index is 908. The average molecular weight is 375 g/mol. The molecule has 0 N–H and O–H groups in total. The van der Waals surface area contributed by atoms with Crippen molar-refractivity contribution in [1.82, 2.24) is 9.80 Å². The number of piperazine rings is 1. The minimum absolute atomic E-state index is 0.0733. The Labute approximate surface area is 167 Å². The number of nitrogens with zero attached hydrogens (tertiary/aromatic N) is 2. The molecule has 0 bridgehead atoms. The van der Waals surface area contributed by atoms with E-state index in [1.807, 2.05) is 0 Å². The third kappa shape index (κ3) is 4.94. The third-order valence-corrected chi connectivity index (χ3v) is 3.28. The fraction of sp³-hybridized carbons (Fsp3) is 0.632. The topological polar surface area (TPSA) is 60.5 Å². The SMILES string of the molecule is [2H]C1([2H])N(Cc2ccc(OC)c(OC)c2OC)C([2H])([2H])C([2H])([2H])N(C(=O)OC(C)(C)C)C1([2H])[2H]. The Kier molecular flexibility index (Phi) is 3.77. The molecular formula is C19H30N2O5. The summed E-state index contributed by atoms with van der Waals surface area (Å²) in [5.41, 5.74) is -0.988. The zero-order valence-corrected chi connectivity index (χ0v) is 15.8. The van der Waals surface area contributed by atoms with Crippen molar-refractivity contribution in [2.75, 3.05) is 47.3 Å². The van der Waals surface area contributed by atoms with Crippen LogP contribution in [0.2, 0.25) is 0 Å². The van der Waals surface area contributed by atoms with Gasteiger partial charge in [0.25, 0.3) is 0 Å². The van der Waals surface area contributed by atoms with E-state index in [0.29, 0.717) is 4.90 Å². The Balaban J connectivity index is 2.66. The molecule has 0 saturated carbocycles. The molecule has 1 saturated heterocycles. The first-order chi connectivity index (χ1) is 15.3. The van der Waals surface area contributed by atoms with Crippen LogP contribution in [0.4, 0.5) is 4.79 Å². The molecule has 1 aliphatic heterocycles. The zero-order valence-electron chi connectivity index (χ0n) is 23.8. The summed E-state index contributed by atoms with van der Waals surface area (Å²) in [6.45, 7) is -9.32. The molecule has 7 heteroatoms. The molecule has 146 valence electrons. The van der Waals surface area contributed by atoms with Gasteiger partial charge in [0.1, 0.15) is 5.60 Å². The molecule has 1 aliphatic rings. The second kappa shape index (κ2) is 8.49. The van der Waals surface area contributed by atoms with Crippen molar-refractivity contribution >= 4 is 6.09 Å². The Morgan fingerprint density at radius 3 is 2.15 bits per heavy atom. The van der Waals surface area contributed by atoms with Crippen molar-refractivity contribution in [3.8, 4) is 17.2 Å². The summed E-state index contributed by atoms with van der Waals surface area (Å²) in [7, 11) is 4.05. The summed E-state index contributed by atoms with van der Waals surface area (Å²) < 4.78 is 88.5. The van der Waals surface area contributed by atoms with Crippen molar-refractivity contribution in [2.45, 2.75) is 32.9 Å². The van der Waals surface area contributed by atoms with Crippen LogP contribution in [0.1, 0.15) is 37.3 Å². The highest BCUT2D eigenvalue weighted by atomic mass is 16.6. The lowest BCUT2D eigenvalue weighted by Crippen LogP contribution is -2.49. The number of carbonyl (C=O) groups excluding carboxylic acids is 1. The second-order valence-corrected chi connectivity index (χ2v) is 6.34. The van der Waals surface area contributed by atoms with Crippen molar-refractivity contribution in [3.63, 3.8) is 0 Å². The van der Waals surface area contributed by atoms with Gasteiger partial charge in [-0.15, -0.1) is 0 Å². The number of amides is 1. The maximum absolute atomic E-state index is 12.8. The van der Waals surface area contributed by atoms with Crippen LogP contribution in [0.15, 0.2) is 12.1 Å². The highest BCUT2D eigenvalue weighted by Crippen LogP contribution is 2.40. The zero-order chi connectivity index (χ0) is 26.5. The van der Waals surface area contributed by atoms with Gasteiger partial charge in [-0.2, -0.15) is 0 Å². The molecule has 0 radical (unpaired) electrons. The monoisotopic (exact) mass is 374 g/mol. The van der Waals surface area contributed by atoms with Crippen molar-refractivity contribution in [2.24, 2.45) is 0 Å². The third-order valence-electron chi connectivity index (χ3n) is 3.28. The predicted molar refractivity (Wildman–Crippen MR) is 99.2 cm³/mol. The van der Waals surface area contributed by atoms with Crippen molar-refractivity contribution < 1.29 is 34.7 Å². The van der Waals surface area contributed by atoms with Gasteiger partial charge in [-0.1, -0.05) is 6.07 Å². The van der Waals surface area contributed by atoms with E-state index in [1.54, 1.807) is 0 Å². The molecule has 1 aromatic carbocycles. The van der Waals surface area contributed by atoms with Crippen LogP contribution in [0.5, 0.6) is 17.2 Å². The van der Waals surface area contributed by atoms with Gasteiger partial charge in [0.2, 0.25) is 5.75 Å². The standard InChI is InChI=1S/C19H30N2O5/c1-19(2,3)26-18(22)21-11-9-20(10-12-21)13-14-7-8-15(23-4)17(25-6)16(14)24-5/h7-8H,9-13H2,1-6H3/i9D2,10D2,11D2,12D2. The van der Waals surface area contributed by atoms with Gasteiger partial charge in [0, 0.05) is 43.6 Å². The summed E-state index contributed by atoms with van der Waals surface area (Å²) in [5.74, 6) is 0.501. The van der Waals surface area contributed by atoms with E-state index in [1.165, 1.54) is 54.2 Å². The van der Waals surface area contributed by atoms with Crippen LogP contribution in [0, 0.1) is 0 Å². The summed E-state index contributed by atoms with van der Waals surface area (Å²) >= 11 is 0. The van der Waals surface area contributed by atoms with Gasteiger partial charge in [-0.25, -0.2) is 4.79 Å². The van der Waals surface area contributed by atoms with E-state index in [-0.39, 0.29) is 27.7 Å². The Morgan fingerprint density at radius 2 is 1.65 bits per heavy atom. The largest absolute Gasteiger partial charge is 0.493 e. The highest BCUT2D eigenvalue weighted by Gasteiger charge is 2.26. The van der Waals surface area contributed by atoms with Crippen LogP contribution >= 0.6 is 0 Å². The van der Waals surface area contributed by atoms with Crippen molar-refractivity contribution in [3.05, 3.63) is 17.7 Å². The molecule has 0 aliphatic carbocycles. The number of hydrogen-bond acceptors (Lipinski definition) is 6. The summed E-state index contributed by atoms with van der Waals surface area (Å²) in [5, 5.41) is 0. The van der Waals surface area contributed by atoms with Gasteiger partial charge in [-0.05, 0) is 26.8 Å². The number of ether oxygens (including phenoxy) is 4. The van der Waals surface area contributed by atoms with Gasteiger partial charge in [0.05, 0.1) is 26.8 Å². The van der Waals surface area contributed by atoms with Crippen LogP contribution in [-0.4, -0.2) is 68.8 Å². The lowest BCUT2D eigenvalue weighted by molar-refractivity contribution is 0.0138. The first kappa shape index (κ1) is 11.5. The van der Waals surface area contributed by atoms with E-state index >= 15 is 0 Å². The molecule has 0 unspecified atom stereocenters. The molecule has 0 atom stereocenters. The predicted octanol–water partition coefficient (Wildman–Crippen LogP) is 2.77. The molecule has 26 heavy (non-hydrogen) atoms. The number of methoxy groups -OCH3 is 3. The van der Waals surface area contributed by atoms with Crippen LogP contribution < -0.4 is 14.2 Å². The molecule has 1 amide bonds. The number of carbonyl (C=O) groups is 1. The highest BCUT2D eigenvalue weighted by molar-refractivity contribution is 5.68. The van der Waals surface area contributed by atoms with Gasteiger partial charge >= 0.3 is 6.09 Å². The lowest BCUT2D eigenvalue weighted by Gasteiger charge is -2.35. The summed E-state index contributed by atoms with van der Waals surface area (Å²) in [6, 6.07) is 2.92. The molecule has 7 nitrogen and oxygen atoms in total. The number of hydrogen-bond donors (Lipinski definition) is 0. The Morgan fingerprint density at radius 1 is 1.04 bits per heavy atom. The molecular weight excluding hydrogens is 336 g/mol. The van der Waals surface area contributed by atoms with Crippen LogP contribution in [-0.2, 0) is 11.3 Å². The second-order valence-electron chi connectivity index (χ2n) is 6.34. The lowest BCUT2D eigenvalue weighted by atomic mass is 10.1. The van der Waals surface area contributed by atoms with E-state index in [9.17, 15) is 4.79 Å². The molecule has 1 aromatic rings. The molecule has 0 spiro atoms. The van der Waals surface area contributed by atoms with Crippen LogP contribution in [0.25, 0.3) is 0 Å². The van der Waals surface area contributed by atoms with Gasteiger partial charge in [-0.3, -0.25) is 4.90 Å². The minimum atomic E-state index is -3.34. The fourth-order valence-corrected chi connectivity index (χ4v) is 2.21. The summed E-state index contributed by atoms with van der Waals surface area (Å²) in [6.07, 6.45) is -1.53. The van der Waals surface area contributed by atoms with E-state index in [0.717, 1.165) is 0 Å². The maximum Gasteiger partial charge on any atom is 0.410 e. The first-order valence-corrected chi connectivity index (χ1v) is 7.90. The Hall–Kier alpha value is -2.15. The molecule has 2 rings (SSSR count). The van der Waals surface area contributed by atoms with E-state index in [2.05, 4.69) is 0 Å². The molecule has 1 fully saturated rings. The maximum atomic E-state index is 12.8. The number of benzene rings is 1. The summed E-state index contributed by atoms with van der Waals surface area (Å²) in [4.78, 5) is 13.0. The average Bonchev–Trinajstić information content (AvgIpc) is 2.67. The smallest absolute Gasteiger partial charge is 0.410 e. The van der Waals surface area contributed by atoms with Crippen LogP contribution in [0.3, 0.4) is 0 Å².